The van der Waals surface area contributed by atoms with E-state index >= 15 is 0 Å². The molecule has 0 atom stereocenters. The monoisotopic (exact) mass is 329 g/mol. The van der Waals surface area contributed by atoms with Crippen molar-refractivity contribution in [1.29, 1.82) is 0 Å². The number of methoxy groups -OCH3 is 1. The Balaban J connectivity index is 2.28. The minimum atomic E-state index is -3.82. The zero-order valence-corrected chi connectivity index (χ0v) is 12.4. The Bertz CT molecular complexity index is 736. The standard InChI is InChI=1S/C11H12ClN5O3S/c1-20-10-4-7(2-3-9(10)12)17-21(18,19)8-5-14-11(16-13)15-6-8/h2-6,17H,13H2,1H3,(H,14,15,16). The third-order valence-corrected chi connectivity index (χ3v) is 4.12. The second kappa shape index (κ2) is 6.12. The van der Waals surface area contributed by atoms with Crippen molar-refractivity contribution in [3.63, 3.8) is 0 Å². The zero-order valence-electron chi connectivity index (χ0n) is 10.9. The lowest BCUT2D eigenvalue weighted by atomic mass is 10.3. The van der Waals surface area contributed by atoms with Crippen LogP contribution in [0.1, 0.15) is 0 Å². The van der Waals surface area contributed by atoms with Crippen LogP contribution in [0.2, 0.25) is 5.02 Å². The number of halogens is 1. The van der Waals surface area contributed by atoms with Crippen molar-refractivity contribution in [2.24, 2.45) is 5.84 Å². The molecule has 0 saturated heterocycles. The predicted molar refractivity (Wildman–Crippen MR) is 78.7 cm³/mol. The van der Waals surface area contributed by atoms with E-state index in [1.807, 2.05) is 0 Å². The number of nitrogens with zero attached hydrogens (tertiary/aromatic N) is 2. The van der Waals surface area contributed by atoms with Crippen molar-refractivity contribution in [2.45, 2.75) is 4.90 Å². The van der Waals surface area contributed by atoms with Crippen LogP contribution < -0.4 is 20.7 Å². The largest absolute Gasteiger partial charge is 0.495 e. The summed E-state index contributed by atoms with van der Waals surface area (Å²) in [6.07, 6.45) is 2.27. The van der Waals surface area contributed by atoms with Gasteiger partial charge in [-0.2, -0.15) is 0 Å². The molecule has 0 saturated carbocycles. The van der Waals surface area contributed by atoms with Crippen LogP contribution in [0.15, 0.2) is 35.5 Å². The highest BCUT2D eigenvalue weighted by molar-refractivity contribution is 7.92. The number of hydrazine groups is 1. The average Bonchev–Trinajstić information content (AvgIpc) is 2.49. The highest BCUT2D eigenvalue weighted by Gasteiger charge is 2.16. The first-order valence-electron chi connectivity index (χ1n) is 5.61. The first-order chi connectivity index (χ1) is 9.96. The number of aromatic nitrogens is 2. The summed E-state index contributed by atoms with van der Waals surface area (Å²) in [5.74, 6) is 5.58. The highest BCUT2D eigenvalue weighted by atomic mass is 35.5. The number of rotatable bonds is 5. The second-order valence-corrected chi connectivity index (χ2v) is 5.93. The number of benzene rings is 1. The molecule has 0 fully saturated rings. The van der Waals surface area contributed by atoms with Crippen LogP contribution in [0.4, 0.5) is 11.6 Å². The van der Waals surface area contributed by atoms with Crippen LogP contribution in [-0.2, 0) is 10.0 Å². The quantitative estimate of drug-likeness (QED) is 0.557. The summed E-state index contributed by atoms with van der Waals surface area (Å²) >= 11 is 5.88. The number of nitrogen functional groups attached to an aromatic ring is 1. The molecule has 8 nitrogen and oxygen atoms in total. The summed E-state index contributed by atoms with van der Waals surface area (Å²) in [7, 11) is -2.38. The highest BCUT2D eigenvalue weighted by Crippen LogP contribution is 2.28. The molecule has 2 rings (SSSR count). The van der Waals surface area contributed by atoms with Gasteiger partial charge in [-0.25, -0.2) is 24.2 Å². The molecule has 0 unspecified atom stereocenters. The third kappa shape index (κ3) is 3.51. The summed E-state index contributed by atoms with van der Waals surface area (Å²) in [6, 6.07) is 4.51. The van der Waals surface area contributed by atoms with Gasteiger partial charge in [0.25, 0.3) is 10.0 Å². The van der Waals surface area contributed by atoms with Crippen molar-refractivity contribution < 1.29 is 13.2 Å². The maximum atomic E-state index is 12.2. The molecule has 112 valence electrons. The smallest absolute Gasteiger partial charge is 0.264 e. The minimum Gasteiger partial charge on any atom is -0.495 e. The van der Waals surface area contributed by atoms with Gasteiger partial charge in [-0.3, -0.25) is 10.1 Å². The molecule has 0 aliphatic rings. The Morgan fingerprint density at radius 1 is 1.29 bits per heavy atom. The van der Waals surface area contributed by atoms with Crippen LogP contribution in [0.5, 0.6) is 5.75 Å². The first kappa shape index (κ1) is 15.3. The molecule has 1 aromatic carbocycles. The van der Waals surface area contributed by atoms with E-state index in [4.69, 9.17) is 22.2 Å². The van der Waals surface area contributed by atoms with Gasteiger partial charge in [-0.05, 0) is 12.1 Å². The van der Waals surface area contributed by atoms with Gasteiger partial charge in [0.15, 0.2) is 0 Å². The van der Waals surface area contributed by atoms with Gasteiger partial charge in [-0.1, -0.05) is 11.6 Å². The molecule has 0 aliphatic carbocycles. The molecular formula is C11H12ClN5O3S. The van der Waals surface area contributed by atoms with Crippen LogP contribution >= 0.6 is 11.6 Å². The van der Waals surface area contributed by atoms with Gasteiger partial charge in [0.2, 0.25) is 5.95 Å². The molecule has 0 aliphatic heterocycles. The molecule has 4 N–H and O–H groups in total. The Morgan fingerprint density at radius 2 is 1.95 bits per heavy atom. The molecule has 0 bridgehead atoms. The zero-order chi connectivity index (χ0) is 15.5. The molecule has 21 heavy (non-hydrogen) atoms. The van der Waals surface area contributed by atoms with Gasteiger partial charge in [0.05, 0.1) is 30.2 Å². The number of hydrogen-bond acceptors (Lipinski definition) is 7. The number of nitrogens with two attached hydrogens (primary N) is 1. The van der Waals surface area contributed by atoms with Crippen LogP contribution in [0, 0.1) is 0 Å². The van der Waals surface area contributed by atoms with E-state index in [0.717, 1.165) is 12.4 Å². The van der Waals surface area contributed by atoms with Gasteiger partial charge in [-0.15, -0.1) is 0 Å². The summed E-state index contributed by atoms with van der Waals surface area (Å²) in [5.41, 5.74) is 2.51. The molecule has 2 aromatic rings. The fraction of sp³-hybridized carbons (Fsp3) is 0.0909. The van der Waals surface area contributed by atoms with Crippen LogP contribution in [0.25, 0.3) is 0 Å². The van der Waals surface area contributed by atoms with E-state index < -0.39 is 10.0 Å². The number of anilines is 2. The predicted octanol–water partition coefficient (Wildman–Crippen LogP) is 1.22. The SMILES string of the molecule is COc1cc(NS(=O)(=O)c2cnc(NN)nc2)ccc1Cl. The normalized spacial score (nSPS) is 11.0. The Hall–Kier alpha value is -2.10. The molecule has 0 radical (unpaired) electrons. The maximum absolute atomic E-state index is 12.2. The first-order valence-corrected chi connectivity index (χ1v) is 7.47. The second-order valence-electron chi connectivity index (χ2n) is 3.84. The van der Waals surface area contributed by atoms with E-state index in [1.165, 1.54) is 25.3 Å². The van der Waals surface area contributed by atoms with Crippen molar-refractivity contribution in [3.8, 4) is 5.75 Å². The van der Waals surface area contributed by atoms with Crippen LogP contribution in [0.3, 0.4) is 0 Å². The lowest BCUT2D eigenvalue weighted by Gasteiger charge is -2.10. The minimum absolute atomic E-state index is 0.101. The van der Waals surface area contributed by atoms with E-state index in [1.54, 1.807) is 0 Å². The lowest BCUT2D eigenvalue weighted by Crippen LogP contribution is -2.15. The summed E-state index contributed by atoms with van der Waals surface area (Å²) in [6.45, 7) is 0. The van der Waals surface area contributed by atoms with E-state index in [0.29, 0.717) is 16.5 Å². The maximum Gasteiger partial charge on any atom is 0.264 e. The molecule has 1 heterocycles. The lowest BCUT2D eigenvalue weighted by molar-refractivity contribution is 0.415. The van der Waals surface area contributed by atoms with Gasteiger partial charge in [0.1, 0.15) is 10.6 Å². The van der Waals surface area contributed by atoms with E-state index in [2.05, 4.69) is 20.1 Å². The molecular weight excluding hydrogens is 318 g/mol. The Kier molecular flexibility index (Phi) is 4.46. The van der Waals surface area contributed by atoms with Crippen molar-refractivity contribution >= 4 is 33.3 Å². The average molecular weight is 330 g/mol. The molecule has 0 amide bonds. The third-order valence-electron chi connectivity index (χ3n) is 2.47. The van der Waals surface area contributed by atoms with E-state index in [-0.39, 0.29) is 10.8 Å². The van der Waals surface area contributed by atoms with Crippen molar-refractivity contribution in [3.05, 3.63) is 35.6 Å². The van der Waals surface area contributed by atoms with E-state index in [9.17, 15) is 8.42 Å². The molecule has 0 spiro atoms. The topological polar surface area (TPSA) is 119 Å². The van der Waals surface area contributed by atoms with Crippen LogP contribution in [-0.4, -0.2) is 25.5 Å². The van der Waals surface area contributed by atoms with Gasteiger partial charge in [0, 0.05) is 6.07 Å². The van der Waals surface area contributed by atoms with Crippen molar-refractivity contribution in [2.75, 3.05) is 17.3 Å². The van der Waals surface area contributed by atoms with Crippen molar-refractivity contribution in [1.82, 2.24) is 9.97 Å². The molecule has 1 aromatic heterocycles. The number of nitrogens with one attached hydrogen (secondary N) is 2. The summed E-state index contributed by atoms with van der Waals surface area (Å²) < 4.78 is 31.7. The summed E-state index contributed by atoms with van der Waals surface area (Å²) in [5, 5.41) is 0.377. The van der Waals surface area contributed by atoms with Gasteiger partial charge >= 0.3 is 0 Å². The number of sulfonamides is 1. The van der Waals surface area contributed by atoms with Gasteiger partial charge < -0.3 is 4.74 Å². The Morgan fingerprint density at radius 3 is 2.52 bits per heavy atom. The fourth-order valence-electron chi connectivity index (χ4n) is 1.47. The fourth-order valence-corrected chi connectivity index (χ4v) is 2.60. The number of hydrogen-bond donors (Lipinski definition) is 3. The Labute approximate surface area is 126 Å². The summed E-state index contributed by atoms with van der Waals surface area (Å²) in [4.78, 5) is 7.38. The molecule has 10 heteroatoms. The number of ether oxygens (including phenoxy) is 1.